The van der Waals surface area contributed by atoms with Gasteiger partial charge in [-0.25, -0.2) is 18.7 Å². The topological polar surface area (TPSA) is 90.9 Å². The first-order valence-corrected chi connectivity index (χ1v) is 8.35. The third kappa shape index (κ3) is 4.71. The SMILES string of the molecule is [2H]C([2H])([2H])c1cc(C(F)(F)F)nc(N(CC(=O)N(c2ccc(F)c(Cl)c2F)C([2H])([2H])[2H])c2cn[nH]n2)n1. The summed E-state index contributed by atoms with van der Waals surface area (Å²) in [4.78, 5) is 20.4. The normalized spacial score (nSPS) is 15.2. The van der Waals surface area contributed by atoms with Gasteiger partial charge in [-0.3, -0.25) is 9.69 Å². The fraction of sp³-hybridized carbons (Fsp3) is 0.235. The Kier molecular flexibility index (Phi) is 4.19. The number of anilines is 3. The summed E-state index contributed by atoms with van der Waals surface area (Å²) in [6, 6.07) is 1.40. The van der Waals surface area contributed by atoms with Crippen LogP contribution in [0.25, 0.3) is 0 Å². The number of halogens is 6. The first-order valence-electron chi connectivity index (χ1n) is 11.0. The van der Waals surface area contributed by atoms with E-state index in [1.807, 2.05) is 0 Å². The van der Waals surface area contributed by atoms with Crippen LogP contribution >= 0.6 is 11.6 Å². The highest BCUT2D eigenvalue weighted by atomic mass is 35.5. The molecule has 0 aliphatic carbocycles. The van der Waals surface area contributed by atoms with E-state index in [4.69, 9.17) is 19.8 Å². The largest absolute Gasteiger partial charge is 0.433 e. The molecule has 0 saturated carbocycles. The van der Waals surface area contributed by atoms with Gasteiger partial charge in [0.2, 0.25) is 11.9 Å². The number of rotatable bonds is 5. The van der Waals surface area contributed by atoms with Crippen LogP contribution < -0.4 is 9.80 Å². The van der Waals surface area contributed by atoms with E-state index in [1.165, 1.54) is 0 Å². The Balaban J connectivity index is 2.16. The number of benzene rings is 1. The number of aromatic amines is 1. The lowest BCUT2D eigenvalue weighted by atomic mass is 10.2. The van der Waals surface area contributed by atoms with Crippen LogP contribution in [-0.2, 0) is 11.0 Å². The minimum Gasteiger partial charge on any atom is -0.311 e. The molecular weight excluding hydrogens is 449 g/mol. The molecule has 31 heavy (non-hydrogen) atoms. The van der Waals surface area contributed by atoms with Crippen LogP contribution in [0.5, 0.6) is 0 Å². The quantitative estimate of drug-likeness (QED) is 0.455. The van der Waals surface area contributed by atoms with Gasteiger partial charge in [0.05, 0.1) is 11.9 Å². The van der Waals surface area contributed by atoms with Crippen LogP contribution in [0.1, 0.15) is 19.6 Å². The second kappa shape index (κ2) is 8.41. The van der Waals surface area contributed by atoms with Crippen LogP contribution in [0.3, 0.4) is 0 Å². The van der Waals surface area contributed by atoms with E-state index in [9.17, 15) is 26.7 Å². The minimum atomic E-state index is -5.14. The maximum absolute atomic E-state index is 14.6. The van der Waals surface area contributed by atoms with Gasteiger partial charge < -0.3 is 4.90 Å². The number of carbonyl (C=O) groups is 1. The zero-order valence-corrected chi connectivity index (χ0v) is 15.6. The monoisotopic (exact) mass is 467 g/mol. The van der Waals surface area contributed by atoms with Gasteiger partial charge in [0.25, 0.3) is 0 Å². The number of aryl methyl sites for hydroxylation is 1. The van der Waals surface area contributed by atoms with Gasteiger partial charge in [-0.05, 0) is 25.1 Å². The lowest BCUT2D eigenvalue weighted by Crippen LogP contribution is -2.38. The number of aromatic nitrogens is 5. The van der Waals surface area contributed by atoms with Crippen molar-refractivity contribution in [2.75, 3.05) is 23.3 Å². The van der Waals surface area contributed by atoms with Crippen molar-refractivity contribution in [2.24, 2.45) is 0 Å². The number of alkyl halides is 3. The fourth-order valence-electron chi connectivity index (χ4n) is 2.31. The lowest BCUT2D eigenvalue weighted by Gasteiger charge is -2.24. The Labute approximate surface area is 185 Å². The molecule has 0 unspecified atom stereocenters. The summed E-state index contributed by atoms with van der Waals surface area (Å²) in [7, 11) is 0. The molecular formula is C17H13ClF5N7O. The van der Waals surface area contributed by atoms with E-state index in [0.29, 0.717) is 17.0 Å². The number of likely N-dealkylation sites (N-methyl/N-ethyl adjacent to an activating group) is 1. The van der Waals surface area contributed by atoms with Crippen molar-refractivity contribution in [3.8, 4) is 0 Å². The highest BCUT2D eigenvalue weighted by Crippen LogP contribution is 2.31. The zero-order chi connectivity index (χ0) is 27.9. The molecule has 0 saturated heterocycles. The molecule has 0 spiro atoms. The summed E-state index contributed by atoms with van der Waals surface area (Å²) in [5, 5.41) is 8.04. The van der Waals surface area contributed by atoms with Gasteiger partial charge in [0.15, 0.2) is 11.6 Å². The Bertz CT molecular complexity index is 1270. The van der Waals surface area contributed by atoms with Crippen LogP contribution in [0.15, 0.2) is 24.4 Å². The average Bonchev–Trinajstić information content (AvgIpc) is 3.30. The molecule has 0 atom stereocenters. The lowest BCUT2D eigenvalue weighted by molar-refractivity contribution is -0.141. The summed E-state index contributed by atoms with van der Waals surface area (Å²) >= 11 is 5.50. The van der Waals surface area contributed by atoms with Crippen molar-refractivity contribution < 1.29 is 35.0 Å². The van der Waals surface area contributed by atoms with Crippen LogP contribution in [0.4, 0.5) is 39.4 Å². The summed E-state index contributed by atoms with van der Waals surface area (Å²) < 4.78 is 114. The van der Waals surface area contributed by atoms with Crippen molar-refractivity contribution in [3.05, 3.63) is 52.4 Å². The predicted octanol–water partition coefficient (Wildman–Crippen LogP) is 3.65. The van der Waals surface area contributed by atoms with E-state index >= 15 is 0 Å². The molecule has 0 aliphatic rings. The van der Waals surface area contributed by atoms with Crippen LogP contribution in [0.2, 0.25) is 5.02 Å². The molecule has 1 aromatic carbocycles. The van der Waals surface area contributed by atoms with Crippen molar-refractivity contribution in [1.82, 2.24) is 25.4 Å². The Morgan fingerprint density at radius 1 is 1.29 bits per heavy atom. The molecule has 164 valence electrons. The summed E-state index contributed by atoms with van der Waals surface area (Å²) in [5.74, 6) is -5.77. The van der Waals surface area contributed by atoms with Gasteiger partial charge in [-0.1, -0.05) is 11.6 Å². The Morgan fingerprint density at radius 3 is 2.68 bits per heavy atom. The standard InChI is InChI=1S/C17H13ClF5N7O/c1-8-5-11(17(21,22)23)26-16(25-8)30(12-6-24-28-27-12)7-13(31)29(2)10-4-3-9(19)14(18)15(10)20/h3-6H,7H2,1-2H3,(H,24,27,28)/i1D3,2D3. The molecule has 0 bridgehead atoms. The summed E-state index contributed by atoms with van der Waals surface area (Å²) in [6.45, 7) is -7.75. The van der Waals surface area contributed by atoms with E-state index in [2.05, 4.69) is 25.4 Å². The van der Waals surface area contributed by atoms with Gasteiger partial charge in [-0.2, -0.15) is 23.5 Å². The van der Waals surface area contributed by atoms with Gasteiger partial charge >= 0.3 is 6.18 Å². The molecule has 3 aromatic rings. The number of hydrogen-bond acceptors (Lipinski definition) is 6. The number of amides is 1. The maximum Gasteiger partial charge on any atom is 0.433 e. The second-order valence-corrected chi connectivity index (χ2v) is 6.15. The minimum absolute atomic E-state index is 0.0843. The molecule has 0 aliphatic heterocycles. The van der Waals surface area contributed by atoms with Crippen molar-refractivity contribution in [1.29, 1.82) is 0 Å². The number of carbonyl (C=O) groups excluding carboxylic acids is 1. The number of nitrogens with one attached hydrogen (secondary N) is 1. The molecule has 1 N–H and O–H groups in total. The summed E-state index contributed by atoms with van der Waals surface area (Å²) in [5.41, 5.74) is -3.70. The van der Waals surface area contributed by atoms with E-state index in [1.54, 1.807) is 0 Å². The smallest absolute Gasteiger partial charge is 0.311 e. The first kappa shape index (κ1) is 15.5. The van der Waals surface area contributed by atoms with Crippen molar-refractivity contribution in [2.45, 2.75) is 13.0 Å². The Morgan fingerprint density at radius 2 is 2.06 bits per heavy atom. The second-order valence-electron chi connectivity index (χ2n) is 5.77. The first-order chi connectivity index (χ1) is 16.9. The van der Waals surface area contributed by atoms with Gasteiger partial charge in [0.1, 0.15) is 23.1 Å². The molecule has 1 amide bonds. The highest BCUT2D eigenvalue weighted by molar-refractivity contribution is 6.31. The highest BCUT2D eigenvalue weighted by Gasteiger charge is 2.34. The molecule has 2 heterocycles. The number of H-pyrrole nitrogens is 1. The molecule has 2 aromatic heterocycles. The maximum atomic E-state index is 14.6. The zero-order valence-electron chi connectivity index (χ0n) is 20.9. The predicted molar refractivity (Wildman–Crippen MR) is 99.9 cm³/mol. The van der Waals surface area contributed by atoms with Crippen LogP contribution in [0, 0.1) is 18.5 Å². The van der Waals surface area contributed by atoms with Crippen LogP contribution in [-0.4, -0.2) is 44.8 Å². The molecule has 3 rings (SSSR count). The van der Waals surface area contributed by atoms with E-state index in [-0.39, 0.29) is 11.0 Å². The molecule has 0 fully saturated rings. The third-order valence-corrected chi connectivity index (χ3v) is 4.07. The van der Waals surface area contributed by atoms with E-state index in [0.717, 1.165) is 6.20 Å². The fourth-order valence-corrected chi connectivity index (χ4v) is 2.47. The molecule has 8 nitrogen and oxygen atoms in total. The average molecular weight is 468 g/mol. The molecule has 0 radical (unpaired) electrons. The van der Waals surface area contributed by atoms with Crippen molar-refractivity contribution in [3.63, 3.8) is 0 Å². The third-order valence-electron chi connectivity index (χ3n) is 3.72. The summed E-state index contributed by atoms with van der Waals surface area (Å²) in [6.07, 6.45) is -4.25. The van der Waals surface area contributed by atoms with E-state index < -0.39 is 78.0 Å². The molecule has 14 heteroatoms. The Hall–Kier alpha value is -3.35. The van der Waals surface area contributed by atoms with Gasteiger partial charge in [0, 0.05) is 20.9 Å². The number of hydrogen-bond donors (Lipinski definition) is 1. The van der Waals surface area contributed by atoms with Crippen molar-refractivity contribution >= 4 is 35.0 Å². The van der Waals surface area contributed by atoms with Gasteiger partial charge in [-0.15, -0.1) is 5.10 Å². The number of nitrogens with zero attached hydrogens (tertiary/aromatic N) is 6.